The number of amides is 2. The quantitative estimate of drug-likeness (QED) is 0.166. The molecule has 6 rings (SSSR count). The molecule has 0 unspecified atom stereocenters. The predicted molar refractivity (Wildman–Crippen MR) is 164 cm³/mol. The van der Waals surface area contributed by atoms with E-state index < -0.39 is 11.7 Å². The number of para-hydroxylation sites is 1. The van der Waals surface area contributed by atoms with E-state index in [1.165, 1.54) is 47.0 Å². The third kappa shape index (κ3) is 5.41. The molecule has 0 bridgehead atoms. The van der Waals surface area contributed by atoms with Gasteiger partial charge >= 0.3 is 0 Å². The second-order valence-corrected chi connectivity index (χ2v) is 11.0. The molecule has 1 aromatic heterocycles. The van der Waals surface area contributed by atoms with Gasteiger partial charge in [0.25, 0.3) is 11.8 Å². The zero-order chi connectivity index (χ0) is 28.5. The number of aromatic nitrogens is 1. The van der Waals surface area contributed by atoms with Crippen LogP contribution in [0.25, 0.3) is 17.0 Å². The number of hydrogen-bond acceptors (Lipinski definition) is 4. The Morgan fingerprint density at radius 3 is 2.49 bits per heavy atom. The molecule has 0 aliphatic carbocycles. The van der Waals surface area contributed by atoms with Gasteiger partial charge in [-0.05, 0) is 60.7 Å². The molecule has 0 saturated carbocycles. The average molecular weight is 582 g/mol. The minimum Gasteiger partial charge on any atom is -0.342 e. The third-order valence-electron chi connectivity index (χ3n) is 6.67. The summed E-state index contributed by atoms with van der Waals surface area (Å²) in [7, 11) is 0. The van der Waals surface area contributed by atoms with E-state index in [1.807, 2.05) is 35.0 Å². The zero-order valence-electron chi connectivity index (χ0n) is 21.4. The number of anilines is 2. The SMILES string of the molecule is O=C(Nc1ccc(F)cc1)c1cccc(N2C(=O)/C(=C\c3cn(Cc4ccccc4F)c4ccccc34)SC2=S)c1. The van der Waals surface area contributed by atoms with Crippen LogP contribution in [0, 0.1) is 11.6 Å². The maximum absolute atomic E-state index is 14.4. The van der Waals surface area contributed by atoms with Gasteiger partial charge in [-0.3, -0.25) is 14.5 Å². The lowest BCUT2D eigenvalue weighted by molar-refractivity contribution is -0.113. The fourth-order valence-electron chi connectivity index (χ4n) is 4.69. The Kier molecular flexibility index (Phi) is 7.21. The van der Waals surface area contributed by atoms with Gasteiger partial charge in [-0.1, -0.05) is 66.4 Å². The van der Waals surface area contributed by atoms with Gasteiger partial charge in [-0.25, -0.2) is 8.78 Å². The maximum atomic E-state index is 14.4. The molecule has 9 heteroatoms. The van der Waals surface area contributed by atoms with Crippen molar-refractivity contribution in [2.75, 3.05) is 10.2 Å². The molecular formula is C32H21F2N3O2S2. The second kappa shape index (κ2) is 11.1. The molecule has 1 saturated heterocycles. The Bertz CT molecular complexity index is 1860. The highest BCUT2D eigenvalue weighted by atomic mass is 32.2. The maximum Gasteiger partial charge on any atom is 0.270 e. The van der Waals surface area contributed by atoms with Crippen LogP contribution in [-0.4, -0.2) is 20.7 Å². The molecule has 1 fully saturated rings. The number of benzene rings is 4. The minimum atomic E-state index is -0.401. The largest absolute Gasteiger partial charge is 0.342 e. The van der Waals surface area contributed by atoms with E-state index >= 15 is 0 Å². The number of nitrogens with one attached hydrogen (secondary N) is 1. The van der Waals surface area contributed by atoms with Crippen LogP contribution >= 0.6 is 24.0 Å². The van der Waals surface area contributed by atoms with Crippen LogP contribution in [0.3, 0.4) is 0 Å². The molecule has 1 aliphatic rings. The number of fused-ring (bicyclic) bond motifs is 1. The topological polar surface area (TPSA) is 54.3 Å². The van der Waals surface area contributed by atoms with E-state index in [4.69, 9.17) is 12.2 Å². The van der Waals surface area contributed by atoms with Crippen molar-refractivity contribution in [3.8, 4) is 0 Å². The fourth-order valence-corrected chi connectivity index (χ4v) is 5.98. The molecule has 2 heterocycles. The molecule has 0 atom stereocenters. The van der Waals surface area contributed by atoms with E-state index in [2.05, 4.69) is 5.32 Å². The molecule has 2 amide bonds. The lowest BCUT2D eigenvalue weighted by Gasteiger charge is -2.15. The van der Waals surface area contributed by atoms with Gasteiger partial charge < -0.3 is 9.88 Å². The summed E-state index contributed by atoms with van der Waals surface area (Å²) >= 11 is 6.74. The van der Waals surface area contributed by atoms with Gasteiger partial charge in [0.2, 0.25) is 0 Å². The van der Waals surface area contributed by atoms with Crippen molar-refractivity contribution in [1.29, 1.82) is 0 Å². The monoisotopic (exact) mass is 581 g/mol. The summed E-state index contributed by atoms with van der Waals surface area (Å²) in [6.45, 7) is 0.342. The van der Waals surface area contributed by atoms with Gasteiger partial charge in [-0.15, -0.1) is 0 Å². The number of hydrogen-bond donors (Lipinski definition) is 1. The first-order valence-corrected chi connectivity index (χ1v) is 13.9. The van der Waals surface area contributed by atoms with Crippen LogP contribution in [0.1, 0.15) is 21.5 Å². The van der Waals surface area contributed by atoms with E-state index in [1.54, 1.807) is 48.5 Å². The molecule has 41 heavy (non-hydrogen) atoms. The highest BCUT2D eigenvalue weighted by Crippen LogP contribution is 2.37. The molecule has 4 aromatic carbocycles. The second-order valence-electron chi connectivity index (χ2n) is 9.35. The van der Waals surface area contributed by atoms with Crippen LogP contribution in [0.5, 0.6) is 0 Å². The lowest BCUT2D eigenvalue weighted by atomic mass is 10.1. The van der Waals surface area contributed by atoms with Crippen molar-refractivity contribution in [2.45, 2.75) is 6.54 Å². The summed E-state index contributed by atoms with van der Waals surface area (Å²) in [4.78, 5) is 28.2. The highest BCUT2D eigenvalue weighted by Gasteiger charge is 2.34. The summed E-state index contributed by atoms with van der Waals surface area (Å²) in [6.07, 6.45) is 3.70. The molecule has 1 N–H and O–H groups in total. The first kappa shape index (κ1) is 26.6. The van der Waals surface area contributed by atoms with E-state index in [0.717, 1.165) is 16.5 Å². The van der Waals surface area contributed by atoms with Crippen molar-refractivity contribution in [2.24, 2.45) is 0 Å². The summed E-state index contributed by atoms with van der Waals surface area (Å²) in [5.41, 5.74) is 3.52. The number of thioether (sulfide) groups is 1. The van der Waals surface area contributed by atoms with Crippen LogP contribution < -0.4 is 10.2 Å². The lowest BCUT2D eigenvalue weighted by Crippen LogP contribution is -2.27. The molecule has 1 aliphatic heterocycles. The van der Waals surface area contributed by atoms with Crippen molar-refractivity contribution in [3.05, 3.63) is 136 Å². The summed E-state index contributed by atoms with van der Waals surface area (Å²) < 4.78 is 29.9. The number of thiocarbonyl (C=S) groups is 1. The number of nitrogens with zero attached hydrogens (tertiary/aromatic N) is 2. The number of carbonyl (C=O) groups is 2. The van der Waals surface area contributed by atoms with Gasteiger partial charge in [0.15, 0.2) is 4.32 Å². The van der Waals surface area contributed by atoms with Crippen molar-refractivity contribution < 1.29 is 18.4 Å². The Labute approximate surface area is 244 Å². The number of carbonyl (C=O) groups excluding carboxylic acids is 2. The molecular weight excluding hydrogens is 561 g/mol. The van der Waals surface area contributed by atoms with Crippen LogP contribution in [0.2, 0.25) is 0 Å². The smallest absolute Gasteiger partial charge is 0.270 e. The molecule has 202 valence electrons. The van der Waals surface area contributed by atoms with Gasteiger partial charge in [-0.2, -0.15) is 0 Å². The first-order chi connectivity index (χ1) is 19.9. The number of halogens is 2. The molecule has 5 aromatic rings. The molecule has 0 spiro atoms. The first-order valence-electron chi connectivity index (χ1n) is 12.6. The Morgan fingerprint density at radius 2 is 1.68 bits per heavy atom. The van der Waals surface area contributed by atoms with Crippen molar-refractivity contribution in [3.63, 3.8) is 0 Å². The van der Waals surface area contributed by atoms with Crippen molar-refractivity contribution in [1.82, 2.24) is 4.57 Å². The Morgan fingerprint density at radius 1 is 0.927 bits per heavy atom. The Hall–Kier alpha value is -4.60. The summed E-state index contributed by atoms with van der Waals surface area (Å²) in [6, 6.07) is 26.5. The third-order valence-corrected chi connectivity index (χ3v) is 7.97. The fraction of sp³-hybridized carbons (Fsp3) is 0.0312. The number of rotatable bonds is 6. The van der Waals surface area contributed by atoms with Crippen LogP contribution in [0.4, 0.5) is 20.2 Å². The summed E-state index contributed by atoms with van der Waals surface area (Å²) in [5, 5.41) is 3.65. The van der Waals surface area contributed by atoms with Crippen molar-refractivity contribution >= 4 is 68.5 Å². The van der Waals surface area contributed by atoms with E-state index in [-0.39, 0.29) is 11.7 Å². The average Bonchev–Trinajstić information content (AvgIpc) is 3.46. The zero-order valence-corrected chi connectivity index (χ0v) is 23.0. The molecule has 5 nitrogen and oxygen atoms in total. The minimum absolute atomic E-state index is 0.277. The van der Waals surface area contributed by atoms with Gasteiger partial charge in [0.1, 0.15) is 11.6 Å². The van der Waals surface area contributed by atoms with E-state index in [9.17, 15) is 18.4 Å². The predicted octanol–water partition coefficient (Wildman–Crippen LogP) is 7.63. The van der Waals surface area contributed by atoms with Crippen LogP contribution in [0.15, 0.2) is 108 Å². The molecule has 0 radical (unpaired) electrons. The van der Waals surface area contributed by atoms with Crippen LogP contribution in [-0.2, 0) is 11.3 Å². The Balaban J connectivity index is 1.28. The van der Waals surface area contributed by atoms with E-state index in [0.29, 0.717) is 38.3 Å². The van der Waals surface area contributed by atoms with Gasteiger partial charge in [0, 0.05) is 39.5 Å². The standard InChI is InChI=1S/C32H21F2N3O2S2/c33-23-12-14-24(15-13-23)35-30(38)20-7-5-8-25(16-20)37-31(39)29(41-32(37)40)17-22-19-36(28-11-4-2-9-26(22)28)18-21-6-1-3-10-27(21)34/h1-17,19H,18H2,(H,35,38)/b29-17+. The highest BCUT2D eigenvalue weighted by molar-refractivity contribution is 8.27. The van der Waals surface area contributed by atoms with Gasteiger partial charge in [0.05, 0.1) is 17.1 Å². The summed E-state index contributed by atoms with van der Waals surface area (Å²) in [5.74, 6) is -1.38. The normalized spacial score (nSPS) is 14.3.